The maximum Gasteiger partial charge on any atom is 0.248 e. The molecule has 1 aromatic heterocycles. The molecule has 0 aliphatic carbocycles. The number of anilines is 1. The summed E-state index contributed by atoms with van der Waals surface area (Å²) in [5, 5.41) is 5.32. The number of halogens is 1. The van der Waals surface area contributed by atoms with E-state index < -0.39 is 6.04 Å². The summed E-state index contributed by atoms with van der Waals surface area (Å²) in [6.45, 7) is 0. The molecule has 7 heteroatoms. The first kappa shape index (κ1) is 12.8. The van der Waals surface area contributed by atoms with E-state index in [4.69, 9.17) is 11.6 Å². The zero-order valence-electron chi connectivity index (χ0n) is 10.4. The van der Waals surface area contributed by atoms with Crippen molar-refractivity contribution in [3.8, 4) is 0 Å². The summed E-state index contributed by atoms with van der Waals surface area (Å²) >= 11 is 6.01. The highest BCUT2D eigenvalue weighted by Crippen LogP contribution is 2.21. The number of para-hydroxylation sites is 2. The lowest BCUT2D eigenvalue weighted by atomic mass is 10.2. The Hall–Kier alpha value is -2.21. The van der Waals surface area contributed by atoms with Crippen LogP contribution in [0.2, 0.25) is 5.15 Å². The Bertz CT molecular complexity index is 704. The van der Waals surface area contributed by atoms with Gasteiger partial charge >= 0.3 is 0 Å². The van der Waals surface area contributed by atoms with E-state index >= 15 is 0 Å². The molecule has 0 radical (unpaired) electrons. The van der Waals surface area contributed by atoms with Gasteiger partial charge in [-0.3, -0.25) is 9.59 Å². The Balaban J connectivity index is 1.85. The average molecular weight is 291 g/mol. The molecule has 20 heavy (non-hydrogen) atoms. The van der Waals surface area contributed by atoms with E-state index in [1.54, 1.807) is 12.1 Å². The van der Waals surface area contributed by atoms with Crippen molar-refractivity contribution in [1.82, 2.24) is 15.3 Å². The van der Waals surface area contributed by atoms with Crippen molar-refractivity contribution < 1.29 is 9.59 Å². The van der Waals surface area contributed by atoms with E-state index in [-0.39, 0.29) is 22.8 Å². The summed E-state index contributed by atoms with van der Waals surface area (Å²) < 4.78 is 0. The summed E-state index contributed by atoms with van der Waals surface area (Å²) in [5.74, 6) is -0.250. The summed E-state index contributed by atoms with van der Waals surface area (Å²) in [7, 11) is 0. The third-order valence-corrected chi connectivity index (χ3v) is 3.34. The average Bonchev–Trinajstić information content (AvgIpc) is 2.86. The molecule has 2 heterocycles. The van der Waals surface area contributed by atoms with Crippen molar-refractivity contribution >= 4 is 40.3 Å². The van der Waals surface area contributed by atoms with Crippen LogP contribution in [-0.2, 0) is 9.59 Å². The van der Waals surface area contributed by atoms with Gasteiger partial charge in [-0.15, -0.1) is 0 Å². The fourth-order valence-corrected chi connectivity index (χ4v) is 2.25. The van der Waals surface area contributed by atoms with Gasteiger partial charge in [-0.1, -0.05) is 23.7 Å². The van der Waals surface area contributed by atoms with Crippen LogP contribution in [0.1, 0.15) is 12.8 Å². The molecule has 1 aliphatic rings. The van der Waals surface area contributed by atoms with Crippen LogP contribution in [0.15, 0.2) is 24.3 Å². The number of nitrogens with zero attached hydrogens (tertiary/aromatic N) is 2. The van der Waals surface area contributed by atoms with Gasteiger partial charge in [0.2, 0.25) is 11.8 Å². The fraction of sp³-hybridized carbons (Fsp3) is 0.231. The normalized spacial score (nSPS) is 18.1. The van der Waals surface area contributed by atoms with Crippen molar-refractivity contribution in [3.63, 3.8) is 0 Å². The standard InChI is InChI=1S/C13H11ClN4O2/c14-11-12(17-8-4-2-1-3-7(8)16-11)18-13(20)9-5-6-10(19)15-9/h1-4,9H,5-6H2,(H,15,19)(H,17,18,20). The highest BCUT2D eigenvalue weighted by Gasteiger charge is 2.27. The number of nitrogens with one attached hydrogen (secondary N) is 2. The zero-order chi connectivity index (χ0) is 14.1. The Morgan fingerprint density at radius 1 is 1.30 bits per heavy atom. The zero-order valence-corrected chi connectivity index (χ0v) is 11.1. The van der Waals surface area contributed by atoms with Gasteiger partial charge in [-0.05, 0) is 18.6 Å². The summed E-state index contributed by atoms with van der Waals surface area (Å²) in [6, 6.07) is 6.70. The minimum absolute atomic E-state index is 0.124. The third kappa shape index (κ3) is 2.42. The van der Waals surface area contributed by atoms with Crippen LogP contribution in [0.25, 0.3) is 11.0 Å². The highest BCUT2D eigenvalue weighted by molar-refractivity contribution is 6.32. The summed E-state index contributed by atoms with van der Waals surface area (Å²) in [6.07, 6.45) is 0.832. The van der Waals surface area contributed by atoms with Gasteiger partial charge in [0.05, 0.1) is 11.0 Å². The van der Waals surface area contributed by atoms with Crippen LogP contribution in [0, 0.1) is 0 Å². The SMILES string of the molecule is O=C1CCC(C(=O)Nc2nc3ccccc3nc2Cl)N1. The maximum absolute atomic E-state index is 12.0. The molecule has 102 valence electrons. The van der Waals surface area contributed by atoms with Gasteiger partial charge < -0.3 is 10.6 Å². The number of carbonyl (C=O) groups excluding carboxylic acids is 2. The molecule has 1 aromatic carbocycles. The minimum Gasteiger partial charge on any atom is -0.344 e. The number of hydrogen-bond donors (Lipinski definition) is 2. The fourth-order valence-electron chi connectivity index (χ4n) is 2.07. The van der Waals surface area contributed by atoms with E-state index in [0.29, 0.717) is 23.9 Å². The number of benzene rings is 1. The molecule has 2 aromatic rings. The molecule has 1 unspecified atom stereocenters. The number of aromatic nitrogens is 2. The van der Waals surface area contributed by atoms with Gasteiger partial charge in [0.15, 0.2) is 11.0 Å². The van der Waals surface area contributed by atoms with E-state index in [2.05, 4.69) is 20.6 Å². The second kappa shape index (κ2) is 5.05. The molecule has 1 saturated heterocycles. The van der Waals surface area contributed by atoms with Crippen molar-refractivity contribution in [2.24, 2.45) is 0 Å². The number of fused-ring (bicyclic) bond motifs is 1. The van der Waals surface area contributed by atoms with Crippen LogP contribution in [0.5, 0.6) is 0 Å². The monoisotopic (exact) mass is 290 g/mol. The molecule has 2 amide bonds. The first-order valence-corrected chi connectivity index (χ1v) is 6.54. The highest BCUT2D eigenvalue weighted by atomic mass is 35.5. The molecule has 2 N–H and O–H groups in total. The van der Waals surface area contributed by atoms with Crippen molar-refractivity contribution in [1.29, 1.82) is 0 Å². The van der Waals surface area contributed by atoms with Crippen molar-refractivity contribution in [2.45, 2.75) is 18.9 Å². The van der Waals surface area contributed by atoms with Crippen molar-refractivity contribution in [3.05, 3.63) is 29.4 Å². The summed E-state index contributed by atoms with van der Waals surface area (Å²) in [4.78, 5) is 31.5. The number of rotatable bonds is 2. The largest absolute Gasteiger partial charge is 0.344 e. The lowest BCUT2D eigenvalue weighted by Crippen LogP contribution is -2.37. The topological polar surface area (TPSA) is 84.0 Å². The van der Waals surface area contributed by atoms with E-state index in [9.17, 15) is 9.59 Å². The smallest absolute Gasteiger partial charge is 0.248 e. The molecule has 0 saturated carbocycles. The van der Waals surface area contributed by atoms with Gasteiger partial charge in [-0.25, -0.2) is 9.97 Å². The van der Waals surface area contributed by atoms with Crippen LogP contribution >= 0.6 is 11.6 Å². The van der Waals surface area contributed by atoms with Gasteiger partial charge in [0, 0.05) is 6.42 Å². The predicted octanol–water partition coefficient (Wildman–Crippen LogP) is 1.50. The van der Waals surface area contributed by atoms with E-state index in [0.717, 1.165) is 0 Å². The molecule has 3 rings (SSSR count). The van der Waals surface area contributed by atoms with E-state index in [1.807, 2.05) is 12.1 Å². The van der Waals surface area contributed by atoms with Gasteiger partial charge in [0.25, 0.3) is 0 Å². The molecule has 0 spiro atoms. The summed E-state index contributed by atoms with van der Waals surface area (Å²) in [5.41, 5.74) is 1.30. The first-order chi connectivity index (χ1) is 9.63. The molecule has 1 atom stereocenters. The molecular weight excluding hydrogens is 280 g/mol. The number of carbonyl (C=O) groups is 2. The lowest BCUT2D eigenvalue weighted by Gasteiger charge is -2.11. The van der Waals surface area contributed by atoms with Crippen LogP contribution in [0.4, 0.5) is 5.82 Å². The van der Waals surface area contributed by atoms with Crippen LogP contribution in [0.3, 0.4) is 0 Å². The molecule has 0 bridgehead atoms. The minimum atomic E-state index is -0.535. The van der Waals surface area contributed by atoms with E-state index in [1.165, 1.54) is 0 Å². The second-order valence-corrected chi connectivity index (χ2v) is 4.86. The van der Waals surface area contributed by atoms with Gasteiger partial charge in [0.1, 0.15) is 6.04 Å². The maximum atomic E-state index is 12.0. The molecule has 1 fully saturated rings. The van der Waals surface area contributed by atoms with Crippen molar-refractivity contribution in [2.75, 3.05) is 5.32 Å². The quantitative estimate of drug-likeness (QED) is 0.878. The number of hydrogen-bond acceptors (Lipinski definition) is 4. The predicted molar refractivity (Wildman–Crippen MR) is 74.3 cm³/mol. The second-order valence-electron chi connectivity index (χ2n) is 4.50. The third-order valence-electron chi connectivity index (χ3n) is 3.08. The number of amides is 2. The van der Waals surface area contributed by atoms with Crippen LogP contribution in [-0.4, -0.2) is 27.8 Å². The Morgan fingerprint density at radius 3 is 2.65 bits per heavy atom. The Morgan fingerprint density at radius 2 is 2.00 bits per heavy atom. The molecule has 6 nitrogen and oxygen atoms in total. The molecular formula is C13H11ClN4O2. The molecule has 1 aliphatic heterocycles. The lowest BCUT2D eigenvalue weighted by molar-refractivity contribution is -0.122. The first-order valence-electron chi connectivity index (χ1n) is 6.16. The Labute approximate surface area is 119 Å². The Kier molecular flexibility index (Phi) is 3.23. The van der Waals surface area contributed by atoms with Gasteiger partial charge in [-0.2, -0.15) is 0 Å². The van der Waals surface area contributed by atoms with Crippen LogP contribution < -0.4 is 10.6 Å².